The summed E-state index contributed by atoms with van der Waals surface area (Å²) in [6.07, 6.45) is 12.9. The largest absolute Gasteiger partial charge is 0.497 e. The van der Waals surface area contributed by atoms with E-state index in [0.717, 1.165) is 16.9 Å². The van der Waals surface area contributed by atoms with Gasteiger partial charge in [0.1, 0.15) is 29.8 Å². The minimum atomic E-state index is -2.53. The van der Waals surface area contributed by atoms with Crippen LogP contribution in [0.15, 0.2) is 78.4 Å². The van der Waals surface area contributed by atoms with Crippen molar-refractivity contribution in [2.75, 3.05) is 35.0 Å². The molecule has 3 N–H and O–H groups in total. The van der Waals surface area contributed by atoms with Crippen molar-refractivity contribution >= 4 is 29.5 Å². The van der Waals surface area contributed by atoms with Crippen LogP contribution in [0.5, 0.6) is 5.75 Å². The number of rotatable bonds is 12. The molecule has 1 aliphatic carbocycles. The number of hydrogen-bond acceptors (Lipinski definition) is 13. The van der Waals surface area contributed by atoms with E-state index in [2.05, 4.69) is 6.58 Å². The molecule has 2 bridgehead atoms. The summed E-state index contributed by atoms with van der Waals surface area (Å²) in [6.45, 7) is 13.2. The third-order valence-corrected chi connectivity index (χ3v) is 15.2. The fourth-order valence-corrected chi connectivity index (χ4v) is 11.0. The molecule has 388 valence electrons. The van der Waals surface area contributed by atoms with Gasteiger partial charge in [-0.1, -0.05) is 81.0 Å². The van der Waals surface area contributed by atoms with Gasteiger partial charge in [0.15, 0.2) is 0 Å². The molecule has 14 atom stereocenters. The maximum Gasteiger partial charge on any atom is 0.329 e. The smallest absolute Gasteiger partial charge is 0.329 e. The quantitative estimate of drug-likeness (QED) is 0.0802. The first-order valence-electron chi connectivity index (χ1n) is 25.2. The lowest BCUT2D eigenvalue weighted by molar-refractivity contribution is -0.302. The number of aliphatic hydroxyl groups excluding tert-OH is 1. The topological polar surface area (TPSA) is 188 Å². The van der Waals surface area contributed by atoms with Crippen LogP contribution in [-0.2, 0) is 42.9 Å². The van der Waals surface area contributed by atoms with E-state index in [0.29, 0.717) is 63.4 Å². The standard InChI is InChI=1S/C56H81NO13/c1-11-18-42-28-35(2)27-36(3)29-47(66-8)51-48(67-9)31-38(5)56(64,70-51)52(60)53(61)57-26-16-14-22-44(57)54(62)69-50(39(6)45(58)34-46(42)59)37(4)30-41-23-25-55(63,49(33-41)68-10)24-15-12-13-19-40-20-17-21-43(32-40)65-7/h11-13,15,17,19-21,28,30,32,36,38-39,41-42,44-45,47-51,58,63-64H,1,14,16,18,22-27,29,31,33-34H2,2-10H3/b15-12?,19-13?,35-28+,37-30?. The number of amides is 1. The molecule has 0 spiro atoms. The molecule has 70 heavy (non-hydrogen) atoms. The summed E-state index contributed by atoms with van der Waals surface area (Å²) in [5.41, 5.74) is 1.42. The first kappa shape index (κ1) is 56.6. The summed E-state index contributed by atoms with van der Waals surface area (Å²) in [4.78, 5) is 58.7. The molecule has 3 heterocycles. The molecule has 1 aromatic carbocycles. The number of piperidine rings is 1. The molecule has 14 nitrogen and oxygen atoms in total. The van der Waals surface area contributed by atoms with Crippen molar-refractivity contribution in [3.05, 3.63) is 84.0 Å². The van der Waals surface area contributed by atoms with Crippen molar-refractivity contribution in [1.82, 2.24) is 4.90 Å². The van der Waals surface area contributed by atoms with Crippen LogP contribution in [0.3, 0.4) is 0 Å². The molecule has 1 amide bonds. The molecule has 1 saturated carbocycles. The average Bonchev–Trinajstić information content (AvgIpc) is 3.34. The van der Waals surface area contributed by atoms with Gasteiger partial charge in [-0.15, -0.1) is 6.58 Å². The van der Waals surface area contributed by atoms with E-state index in [1.165, 1.54) is 19.1 Å². The van der Waals surface area contributed by atoms with Crippen molar-refractivity contribution in [1.29, 1.82) is 0 Å². The summed E-state index contributed by atoms with van der Waals surface area (Å²) < 4.78 is 35.7. The number of fused-ring (bicyclic) bond motifs is 3. The number of Topliss-reactive ketones (excluding diaryl/α,β-unsaturated/α-hetero) is 2. The van der Waals surface area contributed by atoms with Crippen molar-refractivity contribution in [2.24, 2.45) is 29.6 Å². The van der Waals surface area contributed by atoms with E-state index >= 15 is 0 Å². The van der Waals surface area contributed by atoms with Gasteiger partial charge < -0.3 is 48.6 Å². The maximum atomic E-state index is 14.6. The summed E-state index contributed by atoms with van der Waals surface area (Å²) >= 11 is 0. The molecule has 2 saturated heterocycles. The predicted molar refractivity (Wildman–Crippen MR) is 267 cm³/mol. The molecule has 14 unspecified atom stereocenters. The number of ether oxygens (including phenoxy) is 6. The van der Waals surface area contributed by atoms with Gasteiger partial charge in [0.05, 0.1) is 37.1 Å². The monoisotopic (exact) mass is 976 g/mol. The molecule has 1 aromatic rings. The number of carbonyl (C=O) groups is 4. The van der Waals surface area contributed by atoms with Crippen LogP contribution < -0.4 is 4.74 Å². The van der Waals surface area contributed by atoms with Crippen LogP contribution in [0.2, 0.25) is 0 Å². The number of esters is 1. The van der Waals surface area contributed by atoms with Crippen molar-refractivity contribution in [2.45, 2.75) is 166 Å². The second-order valence-electron chi connectivity index (χ2n) is 20.5. The van der Waals surface area contributed by atoms with E-state index in [4.69, 9.17) is 28.4 Å². The fraction of sp³-hybridized carbons (Fsp3) is 0.643. The zero-order chi connectivity index (χ0) is 51.3. The van der Waals surface area contributed by atoms with Gasteiger partial charge in [-0.2, -0.15) is 0 Å². The number of cyclic esters (lactones) is 1. The summed E-state index contributed by atoms with van der Waals surface area (Å²) in [6, 6.07) is 6.54. The van der Waals surface area contributed by atoms with Crippen LogP contribution in [-0.4, -0.2) is 133 Å². The van der Waals surface area contributed by atoms with Crippen molar-refractivity contribution in [3.63, 3.8) is 0 Å². The molecular formula is C56H81NO13. The average molecular weight is 976 g/mol. The highest BCUT2D eigenvalue weighted by Crippen LogP contribution is 2.41. The van der Waals surface area contributed by atoms with Crippen molar-refractivity contribution in [3.8, 4) is 5.75 Å². The maximum absolute atomic E-state index is 14.6. The van der Waals surface area contributed by atoms with Crippen LogP contribution in [0.25, 0.3) is 6.08 Å². The first-order valence-corrected chi connectivity index (χ1v) is 25.2. The Kier molecular flexibility index (Phi) is 21.0. The van der Waals surface area contributed by atoms with E-state index < -0.39 is 89.5 Å². The predicted octanol–water partition coefficient (Wildman–Crippen LogP) is 7.68. The van der Waals surface area contributed by atoms with E-state index in [1.54, 1.807) is 34.1 Å². The van der Waals surface area contributed by atoms with Gasteiger partial charge >= 0.3 is 5.97 Å². The van der Waals surface area contributed by atoms with Crippen LogP contribution in [0, 0.1) is 29.6 Å². The summed E-state index contributed by atoms with van der Waals surface area (Å²) in [5.74, 6) is -7.28. The molecule has 0 aromatic heterocycles. The van der Waals surface area contributed by atoms with Gasteiger partial charge in [0.25, 0.3) is 11.7 Å². The Balaban J connectivity index is 1.45. The Morgan fingerprint density at radius 1 is 0.943 bits per heavy atom. The Morgan fingerprint density at radius 3 is 2.36 bits per heavy atom. The number of nitrogens with zero attached hydrogens (tertiary/aromatic N) is 1. The first-order chi connectivity index (χ1) is 33.3. The summed E-state index contributed by atoms with van der Waals surface area (Å²) in [7, 11) is 6.26. The van der Waals surface area contributed by atoms with Crippen molar-refractivity contribution < 1.29 is 62.9 Å². The second-order valence-corrected chi connectivity index (χ2v) is 20.5. The summed E-state index contributed by atoms with van der Waals surface area (Å²) in [5, 5.41) is 36.0. The Morgan fingerprint density at radius 2 is 1.67 bits per heavy atom. The van der Waals surface area contributed by atoms with Gasteiger partial charge in [0.2, 0.25) is 5.79 Å². The SMILES string of the molecule is C=CCC1/C=C(\C)CC(C)CC(OC)C2OC(O)(C(=O)C(=O)N3CCCCC3C(=O)OC(C(C)=CC3CCC(O)(CC=CC=Cc4cccc(OC)c4)C(OC)C3)C(C)C(O)CC1=O)C(C)CC2OC. The fourth-order valence-electron chi connectivity index (χ4n) is 11.0. The highest BCUT2D eigenvalue weighted by molar-refractivity contribution is 6.39. The Labute approximate surface area is 416 Å². The van der Waals surface area contributed by atoms with Gasteiger partial charge in [-0.05, 0) is 120 Å². The number of aliphatic hydroxyl groups is 3. The Bertz CT molecular complexity index is 2080. The molecular weight excluding hydrogens is 895 g/mol. The van der Waals surface area contributed by atoms with Crippen LogP contribution in [0.4, 0.5) is 0 Å². The minimum Gasteiger partial charge on any atom is -0.497 e. The van der Waals surface area contributed by atoms with Gasteiger partial charge in [-0.3, -0.25) is 14.4 Å². The lowest BCUT2D eigenvalue weighted by Crippen LogP contribution is -2.64. The number of ketones is 2. The molecule has 4 aliphatic rings. The third-order valence-electron chi connectivity index (χ3n) is 15.2. The van der Waals surface area contributed by atoms with Gasteiger partial charge in [0, 0.05) is 52.0 Å². The normalized spacial score (nSPS) is 36.8. The Hall–Kier alpha value is -4.28. The van der Waals surface area contributed by atoms with Crippen LogP contribution >= 0.6 is 0 Å². The number of carbonyl (C=O) groups excluding carboxylic acids is 4. The number of allylic oxidation sites excluding steroid dienone is 6. The number of benzene rings is 1. The molecule has 14 heteroatoms. The zero-order valence-corrected chi connectivity index (χ0v) is 43.0. The third kappa shape index (κ3) is 14.0. The highest BCUT2D eigenvalue weighted by Gasteiger charge is 2.56. The van der Waals surface area contributed by atoms with E-state index in [9.17, 15) is 34.5 Å². The van der Waals surface area contributed by atoms with E-state index in [-0.39, 0.29) is 43.4 Å². The van der Waals surface area contributed by atoms with Gasteiger partial charge in [-0.25, -0.2) is 4.79 Å². The molecule has 3 fully saturated rings. The number of hydrogen-bond donors (Lipinski definition) is 3. The lowest BCUT2D eigenvalue weighted by atomic mass is 9.74. The second kappa shape index (κ2) is 25.9. The molecule has 5 rings (SSSR count). The zero-order valence-electron chi connectivity index (χ0n) is 43.0. The highest BCUT2D eigenvalue weighted by atomic mass is 16.7. The van der Waals surface area contributed by atoms with Crippen LogP contribution in [0.1, 0.15) is 117 Å². The van der Waals surface area contributed by atoms with E-state index in [1.807, 2.05) is 81.5 Å². The molecule has 0 radical (unpaired) electrons. The lowest BCUT2D eigenvalue weighted by Gasteiger charge is -2.47. The minimum absolute atomic E-state index is 0.00792. The molecule has 3 aliphatic heterocycles. The number of methoxy groups -OCH3 is 4.